The lowest BCUT2D eigenvalue weighted by molar-refractivity contribution is -0.135. The van der Waals surface area contributed by atoms with Crippen LogP contribution in [0.4, 0.5) is 0 Å². The van der Waals surface area contributed by atoms with Gasteiger partial charge in [0.15, 0.2) is 0 Å². The van der Waals surface area contributed by atoms with Crippen molar-refractivity contribution in [2.45, 2.75) is 51.2 Å². The lowest BCUT2D eigenvalue weighted by atomic mass is 10.0. The largest absolute Gasteiger partial charge is 0.331 e. The fraction of sp³-hybridized carbons (Fsp3) is 0.533. The van der Waals surface area contributed by atoms with Gasteiger partial charge in [0.05, 0.1) is 12.1 Å². The lowest BCUT2D eigenvalue weighted by Gasteiger charge is -2.33. The number of rotatable bonds is 5. The van der Waals surface area contributed by atoms with E-state index >= 15 is 0 Å². The fourth-order valence-electron chi connectivity index (χ4n) is 2.44. The minimum atomic E-state index is -0.414. The van der Waals surface area contributed by atoms with Gasteiger partial charge in [0, 0.05) is 6.04 Å². The number of carbonyl (C=O) groups is 1. The number of nitrogens with two attached hydrogens (primary N) is 1. The molecule has 0 heterocycles. The first-order valence-corrected chi connectivity index (χ1v) is 6.77. The number of amides is 1. The van der Waals surface area contributed by atoms with Gasteiger partial charge in [-0.05, 0) is 31.7 Å². The standard InChI is InChI=1S/C15H22N2O/c1-3-14(12-7-5-4-6-8-12)17(13-9-10-13)15(18)11(2)16/h4-8,11,13-14H,3,9-10,16H2,1-2H3/t11?,14-/m0/s1. The summed E-state index contributed by atoms with van der Waals surface area (Å²) in [6, 6.07) is 10.4. The van der Waals surface area contributed by atoms with Crippen LogP contribution in [0, 0.1) is 0 Å². The highest BCUT2D eigenvalue weighted by molar-refractivity contribution is 5.82. The molecule has 1 unspecified atom stereocenters. The van der Waals surface area contributed by atoms with Crippen LogP contribution < -0.4 is 5.73 Å². The van der Waals surface area contributed by atoms with Gasteiger partial charge in [-0.25, -0.2) is 0 Å². The molecule has 98 valence electrons. The summed E-state index contributed by atoms with van der Waals surface area (Å²) in [5.41, 5.74) is 6.99. The molecule has 1 saturated carbocycles. The number of benzene rings is 1. The van der Waals surface area contributed by atoms with Gasteiger partial charge in [0.1, 0.15) is 0 Å². The molecule has 0 aromatic heterocycles. The summed E-state index contributed by atoms with van der Waals surface area (Å²) < 4.78 is 0. The van der Waals surface area contributed by atoms with Crippen LogP contribution in [-0.4, -0.2) is 22.9 Å². The predicted octanol–water partition coefficient (Wildman–Crippen LogP) is 2.48. The number of carbonyl (C=O) groups excluding carboxylic acids is 1. The minimum Gasteiger partial charge on any atom is -0.331 e. The number of hydrogen-bond donors (Lipinski definition) is 1. The van der Waals surface area contributed by atoms with Crippen LogP contribution in [0.15, 0.2) is 30.3 Å². The van der Waals surface area contributed by atoms with Crippen LogP contribution in [0.2, 0.25) is 0 Å². The molecule has 0 aliphatic heterocycles. The van der Waals surface area contributed by atoms with Crippen molar-refractivity contribution in [1.82, 2.24) is 4.90 Å². The molecular weight excluding hydrogens is 224 g/mol. The number of hydrogen-bond acceptors (Lipinski definition) is 2. The van der Waals surface area contributed by atoms with E-state index < -0.39 is 6.04 Å². The second-order valence-electron chi connectivity index (χ2n) is 5.10. The zero-order valence-corrected chi connectivity index (χ0v) is 11.2. The van der Waals surface area contributed by atoms with Gasteiger partial charge in [0.25, 0.3) is 0 Å². The van der Waals surface area contributed by atoms with E-state index in [9.17, 15) is 4.79 Å². The fourth-order valence-corrected chi connectivity index (χ4v) is 2.44. The highest BCUT2D eigenvalue weighted by Crippen LogP contribution is 2.36. The van der Waals surface area contributed by atoms with E-state index in [1.54, 1.807) is 6.92 Å². The van der Waals surface area contributed by atoms with E-state index in [1.807, 2.05) is 23.1 Å². The number of nitrogens with zero attached hydrogens (tertiary/aromatic N) is 1. The molecule has 1 aromatic carbocycles. The van der Waals surface area contributed by atoms with Crippen molar-refractivity contribution in [3.63, 3.8) is 0 Å². The molecule has 0 radical (unpaired) electrons. The minimum absolute atomic E-state index is 0.0770. The third kappa shape index (κ3) is 2.72. The highest BCUT2D eigenvalue weighted by atomic mass is 16.2. The lowest BCUT2D eigenvalue weighted by Crippen LogP contribution is -2.45. The predicted molar refractivity (Wildman–Crippen MR) is 73.0 cm³/mol. The second kappa shape index (κ2) is 5.53. The molecular formula is C15H22N2O. The quantitative estimate of drug-likeness (QED) is 0.867. The zero-order valence-electron chi connectivity index (χ0n) is 11.2. The Morgan fingerprint density at radius 3 is 2.44 bits per heavy atom. The van der Waals surface area contributed by atoms with Crippen LogP contribution in [0.5, 0.6) is 0 Å². The first-order chi connectivity index (χ1) is 8.65. The van der Waals surface area contributed by atoms with E-state index in [0.29, 0.717) is 6.04 Å². The monoisotopic (exact) mass is 246 g/mol. The molecule has 3 heteroatoms. The normalized spacial score (nSPS) is 18.2. The van der Waals surface area contributed by atoms with Crippen LogP contribution in [-0.2, 0) is 4.79 Å². The Bertz CT molecular complexity index is 398. The van der Waals surface area contributed by atoms with Gasteiger partial charge < -0.3 is 10.6 Å². The average Bonchev–Trinajstić information content (AvgIpc) is 3.20. The summed E-state index contributed by atoms with van der Waals surface area (Å²) in [6.07, 6.45) is 3.16. The average molecular weight is 246 g/mol. The molecule has 3 nitrogen and oxygen atoms in total. The Morgan fingerprint density at radius 1 is 1.39 bits per heavy atom. The molecule has 2 atom stereocenters. The van der Waals surface area contributed by atoms with E-state index in [4.69, 9.17) is 5.73 Å². The van der Waals surface area contributed by atoms with E-state index in [1.165, 1.54) is 5.56 Å². The van der Waals surface area contributed by atoms with Gasteiger partial charge in [-0.15, -0.1) is 0 Å². The van der Waals surface area contributed by atoms with E-state index in [2.05, 4.69) is 19.1 Å². The van der Waals surface area contributed by atoms with E-state index in [0.717, 1.165) is 19.3 Å². The molecule has 0 spiro atoms. The van der Waals surface area contributed by atoms with Crippen molar-refractivity contribution in [3.8, 4) is 0 Å². The summed E-state index contributed by atoms with van der Waals surface area (Å²) in [7, 11) is 0. The summed E-state index contributed by atoms with van der Waals surface area (Å²) in [6.45, 7) is 3.90. The van der Waals surface area contributed by atoms with Crippen LogP contribution in [0.1, 0.15) is 44.7 Å². The molecule has 0 bridgehead atoms. The zero-order chi connectivity index (χ0) is 13.1. The van der Waals surface area contributed by atoms with Crippen LogP contribution in [0.25, 0.3) is 0 Å². The molecule has 1 aliphatic carbocycles. The SMILES string of the molecule is CC[C@@H](c1ccccc1)N(C(=O)C(C)N)C1CC1. The topological polar surface area (TPSA) is 46.3 Å². The molecule has 2 N–H and O–H groups in total. The highest BCUT2D eigenvalue weighted by Gasteiger charge is 2.38. The summed E-state index contributed by atoms with van der Waals surface area (Å²) in [5.74, 6) is 0.0770. The van der Waals surface area contributed by atoms with Gasteiger partial charge in [-0.1, -0.05) is 37.3 Å². The summed E-state index contributed by atoms with van der Waals surface area (Å²) >= 11 is 0. The first-order valence-electron chi connectivity index (χ1n) is 6.77. The van der Waals surface area contributed by atoms with Crippen molar-refractivity contribution >= 4 is 5.91 Å². The van der Waals surface area contributed by atoms with Gasteiger partial charge in [0.2, 0.25) is 5.91 Å². The van der Waals surface area contributed by atoms with Crippen molar-refractivity contribution in [3.05, 3.63) is 35.9 Å². The Hall–Kier alpha value is -1.35. The smallest absolute Gasteiger partial charge is 0.239 e. The maximum Gasteiger partial charge on any atom is 0.239 e. The Balaban J connectivity index is 2.25. The van der Waals surface area contributed by atoms with Crippen molar-refractivity contribution in [2.24, 2.45) is 5.73 Å². The molecule has 1 aromatic rings. The second-order valence-corrected chi connectivity index (χ2v) is 5.10. The maximum atomic E-state index is 12.3. The first kappa shape index (κ1) is 13.1. The van der Waals surface area contributed by atoms with Crippen LogP contribution >= 0.6 is 0 Å². The Morgan fingerprint density at radius 2 is 2.00 bits per heavy atom. The molecule has 0 saturated heterocycles. The van der Waals surface area contributed by atoms with Crippen molar-refractivity contribution in [1.29, 1.82) is 0 Å². The third-order valence-electron chi connectivity index (χ3n) is 3.49. The van der Waals surface area contributed by atoms with Crippen molar-refractivity contribution in [2.75, 3.05) is 0 Å². The molecule has 18 heavy (non-hydrogen) atoms. The molecule has 1 fully saturated rings. The van der Waals surface area contributed by atoms with E-state index in [-0.39, 0.29) is 11.9 Å². The van der Waals surface area contributed by atoms with Gasteiger partial charge in [-0.3, -0.25) is 4.79 Å². The van der Waals surface area contributed by atoms with Crippen LogP contribution in [0.3, 0.4) is 0 Å². The van der Waals surface area contributed by atoms with Gasteiger partial charge >= 0.3 is 0 Å². The molecule has 2 rings (SSSR count). The maximum absolute atomic E-state index is 12.3. The third-order valence-corrected chi connectivity index (χ3v) is 3.49. The Kier molecular flexibility index (Phi) is 4.02. The van der Waals surface area contributed by atoms with Crippen molar-refractivity contribution < 1.29 is 4.79 Å². The summed E-state index contributed by atoms with van der Waals surface area (Å²) in [5, 5.41) is 0. The van der Waals surface area contributed by atoms with Gasteiger partial charge in [-0.2, -0.15) is 0 Å². The molecule has 1 amide bonds. The molecule has 1 aliphatic rings. The Labute approximate surface area is 109 Å². The summed E-state index contributed by atoms with van der Waals surface area (Å²) in [4.78, 5) is 14.3.